The predicted molar refractivity (Wildman–Crippen MR) is 135 cm³/mol. The van der Waals surface area contributed by atoms with E-state index in [1.165, 1.54) is 0 Å². The van der Waals surface area contributed by atoms with Gasteiger partial charge in [0.05, 0.1) is 6.54 Å². The average Bonchev–Trinajstić information content (AvgIpc) is 3.20. The zero-order valence-corrected chi connectivity index (χ0v) is 20.8. The van der Waals surface area contributed by atoms with Crippen LogP contribution in [0.5, 0.6) is 0 Å². The van der Waals surface area contributed by atoms with Crippen molar-refractivity contribution >= 4 is 17.6 Å². The lowest BCUT2D eigenvalue weighted by molar-refractivity contribution is -0.133. The number of hydrogen-bond donors (Lipinski definition) is 1. The summed E-state index contributed by atoms with van der Waals surface area (Å²) >= 11 is 0. The van der Waals surface area contributed by atoms with Crippen molar-refractivity contribution in [2.75, 3.05) is 18.4 Å². The largest absolute Gasteiger partial charge is 0.464 e. The van der Waals surface area contributed by atoms with Crippen LogP contribution in [0.2, 0.25) is 0 Å². The van der Waals surface area contributed by atoms with Crippen molar-refractivity contribution in [2.45, 2.75) is 47.7 Å². The normalized spacial score (nSPS) is 10.9. The Morgan fingerprint density at radius 1 is 0.882 bits per heavy atom. The van der Waals surface area contributed by atoms with E-state index in [2.05, 4.69) is 5.32 Å². The van der Waals surface area contributed by atoms with Crippen molar-refractivity contribution in [3.05, 3.63) is 88.9 Å². The average molecular weight is 462 g/mol. The molecule has 0 saturated heterocycles. The Balaban J connectivity index is 1.77. The summed E-state index contributed by atoms with van der Waals surface area (Å²) in [7, 11) is 0. The molecule has 0 saturated carbocycles. The van der Waals surface area contributed by atoms with Crippen LogP contribution in [0.15, 0.2) is 65.1 Å². The summed E-state index contributed by atoms with van der Waals surface area (Å²) in [5, 5.41) is 2.96. The lowest BCUT2D eigenvalue weighted by atomic mass is 10.1. The highest BCUT2D eigenvalue weighted by atomic mass is 16.3. The summed E-state index contributed by atoms with van der Waals surface area (Å²) in [5.74, 6) is 1.61. The molecule has 3 rings (SSSR count). The standard InChI is InChI=1S/C28H35N3O3/c1-20(2)16-31(28(33)29-25-13-11-21(3)22(4)15-25)19-27(32)30(17-24-9-7-6-8-10-24)18-26-14-12-23(5)34-26/h6-15,20H,16-19H2,1-5H3,(H,29,33). The maximum Gasteiger partial charge on any atom is 0.322 e. The molecule has 0 bridgehead atoms. The number of anilines is 1. The van der Waals surface area contributed by atoms with E-state index >= 15 is 0 Å². The van der Waals surface area contributed by atoms with Crippen LogP contribution in [-0.4, -0.2) is 34.8 Å². The first kappa shape index (κ1) is 25.1. The van der Waals surface area contributed by atoms with Crippen LogP contribution in [-0.2, 0) is 17.9 Å². The molecule has 6 nitrogen and oxygen atoms in total. The lowest BCUT2D eigenvalue weighted by Gasteiger charge is -2.28. The van der Waals surface area contributed by atoms with Gasteiger partial charge in [-0.25, -0.2) is 4.79 Å². The molecule has 180 valence electrons. The Bertz CT molecular complexity index is 1110. The molecule has 0 aliphatic rings. The van der Waals surface area contributed by atoms with E-state index in [9.17, 15) is 9.59 Å². The SMILES string of the molecule is Cc1ccc(CN(Cc2ccccc2)C(=O)CN(CC(C)C)C(=O)Nc2ccc(C)c(C)c2)o1. The zero-order valence-electron chi connectivity index (χ0n) is 20.8. The molecular weight excluding hydrogens is 426 g/mol. The molecule has 0 atom stereocenters. The van der Waals surface area contributed by atoms with Crippen molar-refractivity contribution in [3.8, 4) is 0 Å². The molecule has 34 heavy (non-hydrogen) atoms. The molecule has 1 N–H and O–H groups in total. The first-order valence-electron chi connectivity index (χ1n) is 11.7. The van der Waals surface area contributed by atoms with E-state index < -0.39 is 0 Å². The van der Waals surface area contributed by atoms with Gasteiger partial charge in [-0.05, 0) is 67.6 Å². The fourth-order valence-corrected chi connectivity index (χ4v) is 3.74. The molecule has 3 aromatic rings. The number of carbonyl (C=O) groups is 2. The van der Waals surface area contributed by atoms with Gasteiger partial charge in [-0.15, -0.1) is 0 Å². The summed E-state index contributed by atoms with van der Waals surface area (Å²) in [5.41, 5.74) is 4.01. The highest BCUT2D eigenvalue weighted by Crippen LogP contribution is 2.17. The highest BCUT2D eigenvalue weighted by Gasteiger charge is 2.23. The molecule has 1 heterocycles. The van der Waals surface area contributed by atoms with E-state index in [-0.39, 0.29) is 24.4 Å². The third-order valence-electron chi connectivity index (χ3n) is 5.67. The van der Waals surface area contributed by atoms with Crippen LogP contribution in [0.1, 0.15) is 42.1 Å². The molecule has 0 unspecified atom stereocenters. The maximum atomic E-state index is 13.5. The topological polar surface area (TPSA) is 65.8 Å². The number of amides is 3. The first-order chi connectivity index (χ1) is 16.2. The Hall–Kier alpha value is -3.54. The highest BCUT2D eigenvalue weighted by molar-refractivity contribution is 5.92. The van der Waals surface area contributed by atoms with E-state index in [1.54, 1.807) is 9.80 Å². The van der Waals surface area contributed by atoms with Gasteiger partial charge in [-0.3, -0.25) is 4.79 Å². The molecule has 0 aliphatic carbocycles. The van der Waals surface area contributed by atoms with Gasteiger partial charge in [0, 0.05) is 18.8 Å². The number of aryl methyl sites for hydroxylation is 3. The van der Waals surface area contributed by atoms with Gasteiger partial charge in [0.25, 0.3) is 0 Å². The summed E-state index contributed by atoms with van der Waals surface area (Å²) in [6.45, 7) is 11.2. The summed E-state index contributed by atoms with van der Waals surface area (Å²) < 4.78 is 5.73. The molecule has 3 amide bonds. The lowest BCUT2D eigenvalue weighted by Crippen LogP contribution is -2.45. The van der Waals surface area contributed by atoms with Crippen LogP contribution in [0, 0.1) is 26.7 Å². The predicted octanol–water partition coefficient (Wildman–Crippen LogP) is 5.92. The minimum atomic E-state index is -0.279. The number of nitrogens with one attached hydrogen (secondary N) is 1. The number of rotatable bonds is 9. The van der Waals surface area contributed by atoms with Gasteiger partial charge in [-0.1, -0.05) is 50.2 Å². The third-order valence-corrected chi connectivity index (χ3v) is 5.67. The number of nitrogens with zero attached hydrogens (tertiary/aromatic N) is 2. The van der Waals surface area contributed by atoms with Crippen molar-refractivity contribution in [1.29, 1.82) is 0 Å². The van der Waals surface area contributed by atoms with E-state index in [0.717, 1.165) is 33.9 Å². The van der Waals surface area contributed by atoms with Gasteiger partial charge < -0.3 is 19.5 Å². The molecule has 1 aromatic heterocycles. The Morgan fingerprint density at radius 2 is 1.62 bits per heavy atom. The second-order valence-electron chi connectivity index (χ2n) is 9.25. The number of urea groups is 1. The van der Waals surface area contributed by atoms with Crippen LogP contribution in [0.4, 0.5) is 10.5 Å². The third kappa shape index (κ3) is 7.24. The Kier molecular flexibility index (Phi) is 8.52. The second-order valence-corrected chi connectivity index (χ2v) is 9.25. The fourth-order valence-electron chi connectivity index (χ4n) is 3.74. The summed E-state index contributed by atoms with van der Waals surface area (Å²) in [6.07, 6.45) is 0. The second kappa shape index (κ2) is 11.5. The maximum absolute atomic E-state index is 13.5. The van der Waals surface area contributed by atoms with Gasteiger partial charge in [0.15, 0.2) is 0 Å². The van der Waals surface area contributed by atoms with E-state index in [4.69, 9.17) is 4.42 Å². The quantitative estimate of drug-likeness (QED) is 0.430. The molecule has 0 radical (unpaired) electrons. The number of furan rings is 1. The van der Waals surface area contributed by atoms with Crippen molar-refractivity contribution < 1.29 is 14.0 Å². The molecule has 0 aliphatic heterocycles. The number of benzene rings is 2. The minimum absolute atomic E-state index is 0.0125. The van der Waals surface area contributed by atoms with Crippen LogP contribution in [0.25, 0.3) is 0 Å². The molecular formula is C28H35N3O3. The number of carbonyl (C=O) groups excluding carboxylic acids is 2. The molecule has 0 spiro atoms. The first-order valence-corrected chi connectivity index (χ1v) is 11.7. The van der Waals surface area contributed by atoms with Crippen LogP contribution < -0.4 is 5.32 Å². The summed E-state index contributed by atoms with van der Waals surface area (Å²) in [4.78, 5) is 29.9. The van der Waals surface area contributed by atoms with E-state index in [0.29, 0.717) is 19.6 Å². The smallest absolute Gasteiger partial charge is 0.322 e. The molecule has 6 heteroatoms. The fraction of sp³-hybridized carbons (Fsp3) is 0.357. The number of hydrogen-bond acceptors (Lipinski definition) is 3. The van der Waals surface area contributed by atoms with Crippen molar-refractivity contribution in [2.24, 2.45) is 5.92 Å². The van der Waals surface area contributed by atoms with Gasteiger partial charge in [-0.2, -0.15) is 0 Å². The minimum Gasteiger partial charge on any atom is -0.464 e. The van der Waals surface area contributed by atoms with Crippen LogP contribution >= 0.6 is 0 Å². The van der Waals surface area contributed by atoms with Gasteiger partial charge in [0.2, 0.25) is 5.91 Å². The van der Waals surface area contributed by atoms with Crippen LogP contribution in [0.3, 0.4) is 0 Å². The van der Waals surface area contributed by atoms with E-state index in [1.807, 2.05) is 95.3 Å². The zero-order chi connectivity index (χ0) is 24.7. The molecule has 2 aromatic carbocycles. The Morgan fingerprint density at radius 3 is 2.24 bits per heavy atom. The summed E-state index contributed by atoms with van der Waals surface area (Å²) in [6, 6.07) is 19.2. The van der Waals surface area contributed by atoms with Crippen molar-refractivity contribution in [1.82, 2.24) is 9.80 Å². The van der Waals surface area contributed by atoms with Gasteiger partial charge in [0.1, 0.15) is 18.1 Å². The van der Waals surface area contributed by atoms with Gasteiger partial charge >= 0.3 is 6.03 Å². The van der Waals surface area contributed by atoms with Crippen molar-refractivity contribution in [3.63, 3.8) is 0 Å². The molecule has 0 fully saturated rings. The monoisotopic (exact) mass is 461 g/mol. The Labute approximate surface area is 202 Å².